The van der Waals surface area contributed by atoms with E-state index in [4.69, 9.17) is 0 Å². The van der Waals surface area contributed by atoms with Crippen LogP contribution in [0.4, 0.5) is 0 Å². The van der Waals surface area contributed by atoms with E-state index in [1.807, 2.05) is 60.8 Å². The molecule has 5 rings (SSSR count). The topological polar surface area (TPSA) is 59.9 Å². The maximum absolute atomic E-state index is 12.8. The SMILES string of the molecule is O=C(CCc1ccncc1)c1ccc([C@@H]2C[C@H]2C(=O)Cc2ccc3cnccc3c2)cc1. The third kappa shape index (κ3) is 4.50. The second-order valence-corrected chi connectivity index (χ2v) is 8.55. The maximum Gasteiger partial charge on any atom is 0.163 e. The molecule has 32 heavy (non-hydrogen) atoms. The molecule has 1 fully saturated rings. The summed E-state index contributed by atoms with van der Waals surface area (Å²) in [5.41, 5.74) is 4.05. The number of carbonyl (C=O) groups excluding carboxylic acids is 2. The van der Waals surface area contributed by atoms with Crippen LogP contribution in [-0.4, -0.2) is 21.5 Å². The quantitative estimate of drug-likeness (QED) is 0.360. The summed E-state index contributed by atoms with van der Waals surface area (Å²) in [7, 11) is 0. The van der Waals surface area contributed by atoms with E-state index in [9.17, 15) is 9.59 Å². The van der Waals surface area contributed by atoms with E-state index in [-0.39, 0.29) is 17.6 Å². The highest BCUT2D eigenvalue weighted by molar-refractivity contribution is 5.96. The number of fused-ring (bicyclic) bond motifs is 1. The van der Waals surface area contributed by atoms with Crippen LogP contribution in [0.15, 0.2) is 85.5 Å². The van der Waals surface area contributed by atoms with Gasteiger partial charge in [-0.1, -0.05) is 42.5 Å². The summed E-state index contributed by atoms with van der Waals surface area (Å²) in [6.45, 7) is 0. The van der Waals surface area contributed by atoms with Crippen LogP contribution < -0.4 is 0 Å². The summed E-state index contributed by atoms with van der Waals surface area (Å²) < 4.78 is 0. The summed E-state index contributed by atoms with van der Waals surface area (Å²) in [5.74, 6) is 0.786. The number of nitrogens with zero attached hydrogens (tertiary/aromatic N) is 2. The lowest BCUT2D eigenvalue weighted by atomic mass is 9.99. The van der Waals surface area contributed by atoms with E-state index >= 15 is 0 Å². The van der Waals surface area contributed by atoms with Crippen LogP contribution in [0.2, 0.25) is 0 Å². The van der Waals surface area contributed by atoms with Crippen molar-refractivity contribution in [3.05, 3.63) is 108 Å². The van der Waals surface area contributed by atoms with Gasteiger partial charge >= 0.3 is 0 Å². The molecule has 2 heterocycles. The van der Waals surface area contributed by atoms with E-state index in [1.54, 1.807) is 18.6 Å². The first-order valence-corrected chi connectivity index (χ1v) is 11.0. The Morgan fingerprint density at radius 2 is 1.59 bits per heavy atom. The molecule has 4 nitrogen and oxygen atoms in total. The number of ketones is 2. The van der Waals surface area contributed by atoms with Crippen molar-refractivity contribution in [2.24, 2.45) is 5.92 Å². The average Bonchev–Trinajstić information content (AvgIpc) is 3.64. The second kappa shape index (κ2) is 8.83. The van der Waals surface area contributed by atoms with Crippen molar-refractivity contribution in [2.75, 3.05) is 0 Å². The molecule has 0 amide bonds. The van der Waals surface area contributed by atoms with Gasteiger partial charge in [0.25, 0.3) is 0 Å². The third-order valence-corrected chi connectivity index (χ3v) is 6.34. The number of aromatic nitrogens is 2. The van der Waals surface area contributed by atoms with E-state index in [0.717, 1.165) is 39.4 Å². The fraction of sp³-hybridized carbons (Fsp3) is 0.214. The van der Waals surface area contributed by atoms with Gasteiger partial charge in [-0.15, -0.1) is 0 Å². The molecule has 4 aromatic rings. The standard InChI is InChI=1S/C28H24N2O2/c31-27(8-2-19-9-12-29-13-10-19)22-6-4-21(5-7-22)25-17-26(25)28(32)16-20-1-3-24-18-30-14-11-23(24)15-20/h1,3-7,9-15,18,25-26H,2,8,16-17H2/t25-,26+/m0/s1. The van der Waals surface area contributed by atoms with Crippen LogP contribution in [-0.2, 0) is 17.6 Å². The molecule has 2 aromatic heterocycles. The Labute approximate surface area is 187 Å². The summed E-state index contributed by atoms with van der Waals surface area (Å²) in [5, 5.41) is 2.20. The smallest absolute Gasteiger partial charge is 0.163 e. The van der Waals surface area contributed by atoms with Crippen molar-refractivity contribution in [3.63, 3.8) is 0 Å². The molecule has 0 aliphatic heterocycles. The van der Waals surface area contributed by atoms with Gasteiger partial charge in [-0.3, -0.25) is 19.6 Å². The first-order chi connectivity index (χ1) is 15.7. The first kappa shape index (κ1) is 20.3. The number of Topliss-reactive ketones (excluding diaryl/α,β-unsaturated/α-hetero) is 2. The molecule has 158 valence electrons. The van der Waals surface area contributed by atoms with Crippen molar-refractivity contribution in [1.29, 1.82) is 0 Å². The highest BCUT2D eigenvalue weighted by Crippen LogP contribution is 2.48. The van der Waals surface area contributed by atoms with Crippen molar-refractivity contribution in [1.82, 2.24) is 9.97 Å². The Morgan fingerprint density at radius 3 is 2.41 bits per heavy atom. The summed E-state index contributed by atoms with van der Waals surface area (Å²) in [6, 6.07) is 19.8. The first-order valence-electron chi connectivity index (χ1n) is 11.0. The van der Waals surface area contributed by atoms with Crippen molar-refractivity contribution in [3.8, 4) is 0 Å². The molecule has 0 bridgehead atoms. The molecule has 0 N–H and O–H groups in total. The monoisotopic (exact) mass is 420 g/mol. The third-order valence-electron chi connectivity index (χ3n) is 6.34. The number of benzene rings is 2. The number of hydrogen-bond donors (Lipinski definition) is 0. The predicted octanol–water partition coefficient (Wildman–Crippen LogP) is 5.36. The molecule has 0 unspecified atom stereocenters. The molecule has 1 aliphatic rings. The largest absolute Gasteiger partial charge is 0.299 e. The Morgan fingerprint density at radius 1 is 0.812 bits per heavy atom. The van der Waals surface area contributed by atoms with Gasteiger partial charge in [0, 0.05) is 54.5 Å². The minimum Gasteiger partial charge on any atom is -0.299 e. The molecule has 2 atom stereocenters. The lowest BCUT2D eigenvalue weighted by Gasteiger charge is -2.05. The fourth-order valence-corrected chi connectivity index (χ4v) is 4.36. The van der Waals surface area contributed by atoms with Crippen LogP contribution in [0.25, 0.3) is 10.8 Å². The maximum atomic E-state index is 12.8. The Bertz CT molecular complexity index is 1270. The molecular weight excluding hydrogens is 396 g/mol. The average molecular weight is 421 g/mol. The Kier molecular flexibility index (Phi) is 5.59. The molecule has 4 heteroatoms. The minimum absolute atomic E-state index is 0.0800. The number of carbonyl (C=O) groups is 2. The molecule has 0 radical (unpaired) electrons. The van der Waals surface area contributed by atoms with Crippen molar-refractivity contribution in [2.45, 2.75) is 31.6 Å². The van der Waals surface area contributed by atoms with Crippen molar-refractivity contribution >= 4 is 22.3 Å². The van der Waals surface area contributed by atoms with Gasteiger partial charge in [-0.2, -0.15) is 0 Å². The molecule has 1 saturated carbocycles. The molecule has 1 aliphatic carbocycles. The van der Waals surface area contributed by atoms with E-state index < -0.39 is 0 Å². The van der Waals surface area contributed by atoms with Gasteiger partial charge in [0.2, 0.25) is 0 Å². The predicted molar refractivity (Wildman–Crippen MR) is 125 cm³/mol. The van der Waals surface area contributed by atoms with Crippen LogP contribution in [0.3, 0.4) is 0 Å². The molecule has 0 saturated heterocycles. The van der Waals surface area contributed by atoms with E-state index in [1.165, 1.54) is 0 Å². The lowest BCUT2D eigenvalue weighted by molar-refractivity contribution is -0.119. The zero-order chi connectivity index (χ0) is 21.9. The second-order valence-electron chi connectivity index (χ2n) is 8.55. The zero-order valence-electron chi connectivity index (χ0n) is 17.8. The minimum atomic E-state index is 0.0800. The Balaban J connectivity index is 1.17. The van der Waals surface area contributed by atoms with Gasteiger partial charge in [0.05, 0.1) is 0 Å². The van der Waals surface area contributed by atoms with E-state index in [2.05, 4.69) is 16.0 Å². The Hall–Kier alpha value is -3.66. The van der Waals surface area contributed by atoms with Gasteiger partial charge in [0.1, 0.15) is 5.78 Å². The number of pyridine rings is 2. The fourth-order valence-electron chi connectivity index (χ4n) is 4.36. The van der Waals surface area contributed by atoms with Gasteiger partial charge in [0.15, 0.2) is 5.78 Å². The molecule has 0 spiro atoms. The van der Waals surface area contributed by atoms with Crippen LogP contribution in [0.1, 0.15) is 45.8 Å². The summed E-state index contributed by atoms with van der Waals surface area (Å²) >= 11 is 0. The van der Waals surface area contributed by atoms with Crippen molar-refractivity contribution < 1.29 is 9.59 Å². The summed E-state index contributed by atoms with van der Waals surface area (Å²) in [4.78, 5) is 33.5. The number of rotatable bonds is 8. The zero-order valence-corrected chi connectivity index (χ0v) is 17.8. The van der Waals surface area contributed by atoms with E-state index in [0.29, 0.717) is 25.0 Å². The van der Waals surface area contributed by atoms with Crippen LogP contribution in [0.5, 0.6) is 0 Å². The van der Waals surface area contributed by atoms with Gasteiger partial charge in [-0.05, 0) is 59.0 Å². The van der Waals surface area contributed by atoms with Gasteiger partial charge in [-0.25, -0.2) is 0 Å². The molecule has 2 aromatic carbocycles. The normalized spacial score (nSPS) is 17.2. The number of hydrogen-bond acceptors (Lipinski definition) is 4. The number of aryl methyl sites for hydroxylation is 1. The summed E-state index contributed by atoms with van der Waals surface area (Å²) in [6.07, 6.45) is 9.67. The van der Waals surface area contributed by atoms with Gasteiger partial charge < -0.3 is 0 Å². The lowest BCUT2D eigenvalue weighted by Crippen LogP contribution is -2.06. The molecular formula is C28H24N2O2. The highest BCUT2D eigenvalue weighted by Gasteiger charge is 2.43. The van der Waals surface area contributed by atoms with Crippen LogP contribution in [0, 0.1) is 5.92 Å². The highest BCUT2D eigenvalue weighted by atomic mass is 16.1. The van der Waals surface area contributed by atoms with Crippen LogP contribution >= 0.6 is 0 Å².